The van der Waals surface area contributed by atoms with E-state index in [1.54, 1.807) is 12.1 Å². The molecule has 2 aromatic carbocycles. The molecule has 8 heteroatoms. The van der Waals surface area contributed by atoms with Crippen LogP contribution in [0.1, 0.15) is 30.9 Å². The first-order chi connectivity index (χ1) is 14.3. The number of halogens is 3. The summed E-state index contributed by atoms with van der Waals surface area (Å²) in [6, 6.07) is 13.6. The molecule has 2 aromatic rings. The lowest BCUT2D eigenvalue weighted by molar-refractivity contribution is -0.158. The molecule has 0 aliphatic carbocycles. The van der Waals surface area contributed by atoms with Gasteiger partial charge in [-0.1, -0.05) is 42.5 Å². The molecule has 1 N–H and O–H groups in total. The van der Waals surface area contributed by atoms with Crippen molar-refractivity contribution in [1.82, 2.24) is 4.90 Å². The number of para-hydroxylation sites is 2. The minimum absolute atomic E-state index is 0.0125. The molecule has 0 spiro atoms. The van der Waals surface area contributed by atoms with E-state index in [2.05, 4.69) is 5.32 Å². The third-order valence-electron chi connectivity index (χ3n) is 5.66. The Morgan fingerprint density at radius 3 is 2.50 bits per heavy atom. The molecule has 0 aromatic heterocycles. The fourth-order valence-electron chi connectivity index (χ4n) is 4.31. The highest BCUT2D eigenvalue weighted by atomic mass is 19.4. The van der Waals surface area contributed by atoms with Gasteiger partial charge in [-0.2, -0.15) is 13.2 Å². The summed E-state index contributed by atoms with van der Waals surface area (Å²) < 4.78 is 41.6. The fourth-order valence-corrected chi connectivity index (χ4v) is 4.31. The molecule has 1 fully saturated rings. The summed E-state index contributed by atoms with van der Waals surface area (Å²) in [6.45, 7) is 0.489. The highest BCUT2D eigenvalue weighted by Gasteiger charge is 2.49. The molecule has 0 radical (unpaired) electrons. The van der Waals surface area contributed by atoms with E-state index in [-0.39, 0.29) is 24.0 Å². The number of carbonyl (C=O) groups excluding carboxylic acids is 2. The molecule has 1 saturated heterocycles. The van der Waals surface area contributed by atoms with E-state index < -0.39 is 30.5 Å². The van der Waals surface area contributed by atoms with E-state index in [1.165, 1.54) is 12.1 Å². The molecule has 5 nitrogen and oxygen atoms in total. The van der Waals surface area contributed by atoms with Crippen molar-refractivity contribution in [3.63, 3.8) is 0 Å². The van der Waals surface area contributed by atoms with Crippen LogP contribution in [0.2, 0.25) is 0 Å². The first-order valence-electron chi connectivity index (χ1n) is 9.91. The van der Waals surface area contributed by atoms with Crippen molar-refractivity contribution >= 4 is 23.2 Å². The lowest BCUT2D eigenvalue weighted by Gasteiger charge is -2.34. The van der Waals surface area contributed by atoms with Gasteiger partial charge in [-0.25, -0.2) is 0 Å². The quantitative estimate of drug-likeness (QED) is 0.817. The first kappa shape index (κ1) is 20.4. The van der Waals surface area contributed by atoms with Gasteiger partial charge >= 0.3 is 6.18 Å². The first-order valence-corrected chi connectivity index (χ1v) is 9.91. The second-order valence-corrected chi connectivity index (χ2v) is 7.63. The maximum Gasteiger partial charge on any atom is 0.409 e. The van der Waals surface area contributed by atoms with E-state index in [0.717, 1.165) is 23.3 Å². The van der Waals surface area contributed by atoms with Gasteiger partial charge < -0.3 is 5.32 Å². The summed E-state index contributed by atoms with van der Waals surface area (Å²) in [5.74, 6) is -1.42. The molecule has 4 rings (SSSR count). The zero-order valence-electron chi connectivity index (χ0n) is 16.2. The number of hydrogen-bond acceptors (Lipinski definition) is 3. The van der Waals surface area contributed by atoms with Gasteiger partial charge in [0, 0.05) is 6.04 Å². The van der Waals surface area contributed by atoms with Crippen LogP contribution < -0.4 is 10.2 Å². The molecular formula is C22H22F3N3O2. The minimum Gasteiger partial charge on any atom is -0.324 e. The van der Waals surface area contributed by atoms with Crippen LogP contribution in [-0.2, 0) is 9.59 Å². The molecule has 2 amide bonds. The molecule has 2 unspecified atom stereocenters. The summed E-state index contributed by atoms with van der Waals surface area (Å²) in [5, 5.41) is 2.49. The molecule has 158 valence electrons. The normalized spacial score (nSPS) is 22.4. The van der Waals surface area contributed by atoms with E-state index in [4.69, 9.17) is 0 Å². The second-order valence-electron chi connectivity index (χ2n) is 7.63. The monoisotopic (exact) mass is 417 g/mol. The average molecular weight is 417 g/mol. The SMILES string of the molecule is O=C1CC(C(F)(F)F)N(C(=O)CN2CCCC2c2ccccc2)c2ccccc2N1. The molecular weight excluding hydrogens is 395 g/mol. The maximum absolute atomic E-state index is 13.9. The maximum atomic E-state index is 13.9. The Balaban J connectivity index is 1.65. The van der Waals surface area contributed by atoms with Gasteiger partial charge in [-0.05, 0) is 37.1 Å². The second kappa shape index (κ2) is 8.10. The molecule has 2 aliphatic heterocycles. The van der Waals surface area contributed by atoms with Crippen molar-refractivity contribution in [2.24, 2.45) is 0 Å². The predicted octanol–water partition coefficient (Wildman–Crippen LogP) is 4.13. The topological polar surface area (TPSA) is 52.7 Å². The van der Waals surface area contributed by atoms with Crippen molar-refractivity contribution in [3.05, 3.63) is 60.2 Å². The van der Waals surface area contributed by atoms with Gasteiger partial charge in [-0.15, -0.1) is 0 Å². The fraction of sp³-hybridized carbons (Fsp3) is 0.364. The van der Waals surface area contributed by atoms with Crippen molar-refractivity contribution < 1.29 is 22.8 Å². The van der Waals surface area contributed by atoms with Crippen molar-refractivity contribution in [3.8, 4) is 0 Å². The van der Waals surface area contributed by atoms with Crippen LogP contribution in [-0.4, -0.2) is 42.0 Å². The highest BCUT2D eigenvalue weighted by Crippen LogP contribution is 2.38. The van der Waals surface area contributed by atoms with Gasteiger partial charge in [-0.3, -0.25) is 19.4 Å². The number of rotatable bonds is 3. The highest BCUT2D eigenvalue weighted by molar-refractivity contribution is 6.05. The summed E-state index contributed by atoms with van der Waals surface area (Å²) in [7, 11) is 0. The van der Waals surface area contributed by atoms with Crippen molar-refractivity contribution in [2.75, 3.05) is 23.3 Å². The summed E-state index contributed by atoms with van der Waals surface area (Å²) in [6.07, 6.45) is -3.84. The van der Waals surface area contributed by atoms with Crippen LogP contribution in [0.4, 0.5) is 24.5 Å². The number of anilines is 2. The molecule has 2 heterocycles. The molecule has 0 saturated carbocycles. The van der Waals surface area contributed by atoms with Crippen LogP contribution in [0.5, 0.6) is 0 Å². The van der Waals surface area contributed by atoms with Gasteiger partial charge in [0.15, 0.2) is 0 Å². The molecule has 2 atom stereocenters. The van der Waals surface area contributed by atoms with Crippen molar-refractivity contribution in [1.29, 1.82) is 0 Å². The summed E-state index contributed by atoms with van der Waals surface area (Å²) in [4.78, 5) is 28.0. The Hall–Kier alpha value is -2.87. The van der Waals surface area contributed by atoms with E-state index in [0.29, 0.717) is 6.54 Å². The zero-order valence-corrected chi connectivity index (χ0v) is 16.2. The lowest BCUT2D eigenvalue weighted by Crippen LogP contribution is -2.52. The van der Waals surface area contributed by atoms with Crippen LogP contribution in [0.3, 0.4) is 0 Å². The average Bonchev–Trinajstić information content (AvgIpc) is 3.10. The number of amides is 2. The van der Waals surface area contributed by atoms with Crippen LogP contribution >= 0.6 is 0 Å². The third-order valence-corrected chi connectivity index (χ3v) is 5.66. The Morgan fingerprint density at radius 2 is 1.77 bits per heavy atom. The number of likely N-dealkylation sites (tertiary alicyclic amines) is 1. The minimum atomic E-state index is -4.73. The lowest BCUT2D eigenvalue weighted by atomic mass is 10.0. The predicted molar refractivity (Wildman–Crippen MR) is 107 cm³/mol. The standard InChI is InChI=1S/C22H22F3N3O2/c23-22(24,25)19-13-20(29)26-16-9-4-5-10-18(16)28(19)21(30)14-27-12-6-11-17(27)15-7-2-1-3-8-15/h1-5,7-10,17,19H,6,11-14H2,(H,26,29). The largest absolute Gasteiger partial charge is 0.409 e. The number of nitrogens with zero attached hydrogens (tertiary/aromatic N) is 2. The Morgan fingerprint density at radius 1 is 1.07 bits per heavy atom. The van der Waals surface area contributed by atoms with E-state index >= 15 is 0 Å². The van der Waals surface area contributed by atoms with Gasteiger partial charge in [0.1, 0.15) is 6.04 Å². The Bertz CT molecular complexity index is 933. The number of alkyl halides is 3. The zero-order chi connectivity index (χ0) is 21.3. The van der Waals surface area contributed by atoms with Crippen LogP contribution in [0, 0.1) is 0 Å². The van der Waals surface area contributed by atoms with Gasteiger partial charge in [0.25, 0.3) is 0 Å². The smallest absolute Gasteiger partial charge is 0.324 e. The molecule has 0 bridgehead atoms. The van der Waals surface area contributed by atoms with Crippen LogP contribution in [0.15, 0.2) is 54.6 Å². The third kappa shape index (κ3) is 4.05. The summed E-state index contributed by atoms with van der Waals surface area (Å²) >= 11 is 0. The van der Waals surface area contributed by atoms with Gasteiger partial charge in [0.05, 0.1) is 24.3 Å². The van der Waals surface area contributed by atoms with E-state index in [1.807, 2.05) is 35.2 Å². The Kier molecular flexibility index (Phi) is 5.51. The number of hydrogen-bond donors (Lipinski definition) is 1. The number of carbonyl (C=O) groups is 2. The molecule has 30 heavy (non-hydrogen) atoms. The molecule has 2 aliphatic rings. The number of benzene rings is 2. The summed E-state index contributed by atoms with van der Waals surface area (Å²) in [5.41, 5.74) is 1.33. The van der Waals surface area contributed by atoms with E-state index in [9.17, 15) is 22.8 Å². The van der Waals surface area contributed by atoms with Crippen LogP contribution in [0.25, 0.3) is 0 Å². The van der Waals surface area contributed by atoms with Crippen molar-refractivity contribution in [2.45, 2.75) is 37.5 Å². The van der Waals surface area contributed by atoms with Gasteiger partial charge in [0.2, 0.25) is 11.8 Å². The number of nitrogens with one attached hydrogen (secondary N) is 1. The Labute approximate surface area is 172 Å². The number of fused-ring (bicyclic) bond motifs is 1.